The SMILES string of the molecule is CCCCCCCCCCCCCCCCCCC(F)(CCCCCCCCCC)S(=O)(=O)[O-].[Na+]. The van der Waals surface area contributed by atoms with Crippen molar-refractivity contribution in [2.24, 2.45) is 0 Å². The summed E-state index contributed by atoms with van der Waals surface area (Å²) < 4.78 is 49.6. The molecule has 0 fully saturated rings. The van der Waals surface area contributed by atoms with Crippen LogP contribution in [0.3, 0.4) is 0 Å². The predicted molar refractivity (Wildman–Crippen MR) is 145 cm³/mol. The summed E-state index contributed by atoms with van der Waals surface area (Å²) in [5.74, 6) is 0. The smallest absolute Gasteiger partial charge is 0.745 e. The molecule has 0 saturated carbocycles. The topological polar surface area (TPSA) is 57.2 Å². The zero-order valence-electron chi connectivity index (χ0n) is 23.9. The van der Waals surface area contributed by atoms with E-state index in [-0.39, 0.29) is 42.4 Å². The molecule has 0 heterocycles. The van der Waals surface area contributed by atoms with Crippen LogP contribution in [0, 0.1) is 0 Å². The molecule has 0 aliphatic rings. The molecule has 3 nitrogen and oxygen atoms in total. The summed E-state index contributed by atoms with van der Waals surface area (Å²) in [6, 6.07) is 0. The molecule has 206 valence electrons. The molecule has 0 bridgehead atoms. The van der Waals surface area contributed by atoms with Crippen LogP contribution >= 0.6 is 0 Å². The van der Waals surface area contributed by atoms with Crippen LogP contribution < -0.4 is 29.6 Å². The Hall–Kier alpha value is 0.840. The van der Waals surface area contributed by atoms with Crippen molar-refractivity contribution in [2.75, 3.05) is 0 Å². The first kappa shape index (κ1) is 38.0. The van der Waals surface area contributed by atoms with Gasteiger partial charge in [-0.15, -0.1) is 0 Å². The monoisotopic (exact) mass is 528 g/mol. The summed E-state index contributed by atoms with van der Waals surface area (Å²) in [5, 5.41) is -2.56. The van der Waals surface area contributed by atoms with E-state index < -0.39 is 15.1 Å². The maximum atomic E-state index is 15.0. The van der Waals surface area contributed by atoms with Crippen molar-refractivity contribution in [1.82, 2.24) is 0 Å². The van der Waals surface area contributed by atoms with Crippen LogP contribution in [0.5, 0.6) is 0 Å². The quantitative estimate of drug-likeness (QED) is 0.0635. The molecule has 0 saturated heterocycles. The number of hydrogen-bond donors (Lipinski definition) is 0. The van der Waals surface area contributed by atoms with Crippen LogP contribution in [-0.4, -0.2) is 18.0 Å². The van der Waals surface area contributed by atoms with Gasteiger partial charge in [-0.05, 0) is 25.7 Å². The van der Waals surface area contributed by atoms with Crippen molar-refractivity contribution in [1.29, 1.82) is 0 Å². The van der Waals surface area contributed by atoms with Crippen molar-refractivity contribution < 1.29 is 46.9 Å². The van der Waals surface area contributed by atoms with E-state index in [4.69, 9.17) is 0 Å². The van der Waals surface area contributed by atoms with E-state index in [1.165, 1.54) is 103 Å². The summed E-state index contributed by atoms with van der Waals surface area (Å²) >= 11 is 0. The molecule has 0 N–H and O–H groups in total. The second-order valence-electron chi connectivity index (χ2n) is 10.6. The van der Waals surface area contributed by atoms with Crippen LogP contribution in [0.1, 0.15) is 181 Å². The molecule has 0 aliphatic carbocycles. The van der Waals surface area contributed by atoms with E-state index in [9.17, 15) is 17.4 Å². The average molecular weight is 529 g/mol. The first-order chi connectivity index (χ1) is 16.4. The maximum Gasteiger partial charge on any atom is 1.00 e. The summed E-state index contributed by atoms with van der Waals surface area (Å²) in [7, 11) is -4.91. The van der Waals surface area contributed by atoms with Crippen molar-refractivity contribution in [3.8, 4) is 0 Å². The van der Waals surface area contributed by atoms with Gasteiger partial charge < -0.3 is 4.55 Å². The Labute approximate surface area is 241 Å². The van der Waals surface area contributed by atoms with Gasteiger partial charge in [-0.3, -0.25) is 0 Å². The number of halogens is 1. The Balaban J connectivity index is 0. The molecule has 0 aromatic heterocycles. The first-order valence-electron chi connectivity index (χ1n) is 15.0. The molecule has 1 unspecified atom stereocenters. The van der Waals surface area contributed by atoms with Gasteiger partial charge in [-0.2, -0.15) is 0 Å². The van der Waals surface area contributed by atoms with Crippen LogP contribution in [0.4, 0.5) is 4.39 Å². The summed E-state index contributed by atoms with van der Waals surface area (Å²) in [4.78, 5) is 0. The molecule has 1 atom stereocenters. The Bertz CT molecular complexity index is 530. The maximum absolute atomic E-state index is 15.0. The van der Waals surface area contributed by atoms with E-state index >= 15 is 0 Å². The Morgan fingerprint density at radius 2 is 0.686 bits per heavy atom. The van der Waals surface area contributed by atoms with Gasteiger partial charge in [0.05, 0.1) is 0 Å². The molecular weight excluding hydrogens is 470 g/mol. The minimum Gasteiger partial charge on any atom is -0.745 e. The molecule has 35 heavy (non-hydrogen) atoms. The number of hydrogen-bond acceptors (Lipinski definition) is 3. The van der Waals surface area contributed by atoms with Crippen LogP contribution in [0.25, 0.3) is 0 Å². The summed E-state index contributed by atoms with van der Waals surface area (Å²) in [6.45, 7) is 4.44. The molecular formula is C29H58FNaO3S. The molecule has 0 rings (SSSR count). The predicted octanol–water partition coefficient (Wildman–Crippen LogP) is 7.38. The minimum atomic E-state index is -4.91. The normalized spacial score (nSPS) is 13.5. The van der Waals surface area contributed by atoms with E-state index in [0.717, 1.165) is 38.5 Å². The van der Waals surface area contributed by atoms with Crippen LogP contribution in [0.2, 0.25) is 0 Å². The zero-order valence-corrected chi connectivity index (χ0v) is 26.7. The van der Waals surface area contributed by atoms with Gasteiger partial charge in [0.15, 0.2) is 5.00 Å². The molecule has 0 aromatic rings. The fourth-order valence-corrected chi connectivity index (χ4v) is 5.62. The van der Waals surface area contributed by atoms with E-state index in [1.54, 1.807) is 0 Å². The Morgan fingerprint density at radius 1 is 0.486 bits per heavy atom. The van der Waals surface area contributed by atoms with Gasteiger partial charge >= 0.3 is 29.6 Å². The Kier molecular flexibility index (Phi) is 28.7. The average Bonchev–Trinajstić information content (AvgIpc) is 2.79. The summed E-state index contributed by atoms with van der Waals surface area (Å²) in [6.07, 6.45) is 27.6. The van der Waals surface area contributed by atoms with Gasteiger partial charge in [-0.1, -0.05) is 155 Å². The molecule has 0 aliphatic heterocycles. The Morgan fingerprint density at radius 3 is 0.886 bits per heavy atom. The van der Waals surface area contributed by atoms with Crippen molar-refractivity contribution in [2.45, 2.75) is 186 Å². The third-order valence-corrected chi connectivity index (χ3v) is 8.56. The second-order valence-corrected chi connectivity index (χ2v) is 12.3. The van der Waals surface area contributed by atoms with Gasteiger partial charge in [0.2, 0.25) is 0 Å². The minimum absolute atomic E-state index is 0. The van der Waals surface area contributed by atoms with Gasteiger partial charge in [-0.25, -0.2) is 12.8 Å². The molecule has 0 radical (unpaired) electrons. The second kappa shape index (κ2) is 26.4. The van der Waals surface area contributed by atoms with Crippen molar-refractivity contribution >= 4 is 10.1 Å². The number of alkyl halides is 1. The third kappa shape index (κ3) is 23.7. The standard InChI is InChI=1S/C29H59FO3S.Na/c1-3-5-7-9-11-13-14-15-16-17-18-19-20-22-24-26-28-29(30,34(31,32)33)27-25-23-21-12-10-8-6-4-2;/h3-28H2,1-2H3,(H,31,32,33);/q;+1/p-1. The molecule has 0 amide bonds. The van der Waals surface area contributed by atoms with E-state index in [1.807, 2.05) is 0 Å². The van der Waals surface area contributed by atoms with Crippen LogP contribution in [0.15, 0.2) is 0 Å². The molecule has 0 spiro atoms. The fraction of sp³-hybridized carbons (Fsp3) is 1.00. The largest absolute Gasteiger partial charge is 1.00 e. The van der Waals surface area contributed by atoms with Gasteiger partial charge in [0.1, 0.15) is 10.1 Å². The number of rotatable bonds is 27. The van der Waals surface area contributed by atoms with Gasteiger partial charge in [0.25, 0.3) is 0 Å². The molecule has 0 aromatic carbocycles. The van der Waals surface area contributed by atoms with E-state index in [0.29, 0.717) is 12.8 Å². The van der Waals surface area contributed by atoms with E-state index in [2.05, 4.69) is 13.8 Å². The summed E-state index contributed by atoms with van der Waals surface area (Å²) in [5.41, 5.74) is 0. The number of unbranched alkanes of at least 4 members (excludes halogenated alkanes) is 22. The zero-order chi connectivity index (χ0) is 25.4. The van der Waals surface area contributed by atoms with Crippen LogP contribution in [-0.2, 0) is 10.1 Å². The third-order valence-electron chi connectivity index (χ3n) is 7.26. The first-order valence-corrected chi connectivity index (χ1v) is 16.4. The van der Waals surface area contributed by atoms with Crippen molar-refractivity contribution in [3.63, 3.8) is 0 Å². The van der Waals surface area contributed by atoms with Crippen molar-refractivity contribution in [3.05, 3.63) is 0 Å². The molecule has 6 heteroatoms. The van der Waals surface area contributed by atoms with Gasteiger partial charge in [0, 0.05) is 0 Å². The fourth-order valence-electron chi connectivity index (χ4n) is 4.83.